The number of rotatable bonds is 12. The summed E-state index contributed by atoms with van der Waals surface area (Å²) in [4.78, 5) is 6.86. The molecule has 0 amide bonds. The molecule has 1 aromatic carbocycles. The summed E-state index contributed by atoms with van der Waals surface area (Å²) < 4.78 is 21.2. The zero-order valence-corrected chi connectivity index (χ0v) is 17.4. The number of likely N-dealkylation sites (N-methyl/N-ethyl adjacent to an activating group) is 1. The van der Waals surface area contributed by atoms with Crippen LogP contribution in [0.25, 0.3) is 0 Å². The second-order valence-corrected chi connectivity index (χ2v) is 5.95. The first-order valence-electron chi connectivity index (χ1n) is 9.08. The largest absolute Gasteiger partial charge is 0.493 e. The molecule has 0 spiro atoms. The van der Waals surface area contributed by atoms with E-state index in [1.807, 2.05) is 19.1 Å². The highest BCUT2D eigenvalue weighted by molar-refractivity contribution is 5.79. The molecule has 27 heavy (non-hydrogen) atoms. The number of aliphatic imine (C=N–C) groups is 1. The average Bonchev–Trinajstić information content (AvgIpc) is 2.69. The van der Waals surface area contributed by atoms with Crippen molar-refractivity contribution in [3.05, 3.63) is 17.7 Å². The Bertz CT molecular complexity index is 556. The maximum absolute atomic E-state index is 5.40. The second kappa shape index (κ2) is 13.1. The van der Waals surface area contributed by atoms with E-state index in [2.05, 4.69) is 27.6 Å². The van der Waals surface area contributed by atoms with E-state index in [0.717, 1.165) is 44.3 Å². The van der Waals surface area contributed by atoms with E-state index in [0.29, 0.717) is 23.8 Å². The van der Waals surface area contributed by atoms with Crippen LogP contribution in [0.5, 0.6) is 17.2 Å². The Labute approximate surface area is 162 Å². The molecule has 0 aromatic heterocycles. The van der Waals surface area contributed by atoms with Crippen LogP contribution in [-0.4, -0.2) is 79.1 Å². The van der Waals surface area contributed by atoms with Gasteiger partial charge in [0.1, 0.15) is 0 Å². The average molecular weight is 383 g/mol. The zero-order chi connectivity index (χ0) is 20.1. The van der Waals surface area contributed by atoms with Crippen molar-refractivity contribution < 1.29 is 18.9 Å². The molecule has 8 heteroatoms. The fraction of sp³-hybridized carbons (Fsp3) is 0.632. The number of ether oxygens (including phenoxy) is 4. The SMILES string of the molecule is CCNC(=NCc1cc(OC)c(OC)c(OC)c1)NCCN(C)CCOC. The summed E-state index contributed by atoms with van der Waals surface area (Å²) in [7, 11) is 8.59. The van der Waals surface area contributed by atoms with Crippen molar-refractivity contribution in [1.82, 2.24) is 15.5 Å². The molecule has 0 saturated heterocycles. The van der Waals surface area contributed by atoms with Gasteiger partial charge in [-0.2, -0.15) is 0 Å². The lowest BCUT2D eigenvalue weighted by molar-refractivity contribution is 0.162. The lowest BCUT2D eigenvalue weighted by Gasteiger charge is -2.18. The van der Waals surface area contributed by atoms with Gasteiger partial charge in [0.15, 0.2) is 17.5 Å². The first-order chi connectivity index (χ1) is 13.1. The molecule has 0 heterocycles. The molecular formula is C19H34N4O4. The smallest absolute Gasteiger partial charge is 0.203 e. The highest BCUT2D eigenvalue weighted by Crippen LogP contribution is 2.38. The van der Waals surface area contributed by atoms with Crippen LogP contribution in [0.15, 0.2) is 17.1 Å². The molecule has 0 aliphatic rings. The first-order valence-corrected chi connectivity index (χ1v) is 9.08. The van der Waals surface area contributed by atoms with Gasteiger partial charge in [0.05, 0.1) is 34.5 Å². The van der Waals surface area contributed by atoms with Crippen molar-refractivity contribution in [2.24, 2.45) is 4.99 Å². The van der Waals surface area contributed by atoms with E-state index in [1.165, 1.54) is 0 Å². The van der Waals surface area contributed by atoms with Crippen LogP contribution in [0, 0.1) is 0 Å². The molecule has 0 unspecified atom stereocenters. The number of guanidine groups is 1. The molecule has 0 bridgehead atoms. The summed E-state index contributed by atoms with van der Waals surface area (Å²) in [5.74, 6) is 2.60. The minimum atomic E-state index is 0.492. The third-order valence-electron chi connectivity index (χ3n) is 3.95. The zero-order valence-electron chi connectivity index (χ0n) is 17.4. The van der Waals surface area contributed by atoms with Crippen molar-refractivity contribution in [2.75, 3.05) is 68.3 Å². The molecule has 8 nitrogen and oxygen atoms in total. The van der Waals surface area contributed by atoms with Crippen molar-refractivity contribution in [1.29, 1.82) is 0 Å². The number of nitrogens with one attached hydrogen (secondary N) is 2. The highest BCUT2D eigenvalue weighted by Gasteiger charge is 2.13. The fourth-order valence-electron chi connectivity index (χ4n) is 2.46. The normalized spacial score (nSPS) is 11.4. The molecule has 0 aliphatic heterocycles. The Morgan fingerprint density at radius 3 is 2.19 bits per heavy atom. The summed E-state index contributed by atoms with van der Waals surface area (Å²) in [6.45, 7) is 6.65. The Balaban J connectivity index is 2.74. The molecule has 0 radical (unpaired) electrons. The highest BCUT2D eigenvalue weighted by atomic mass is 16.5. The summed E-state index contributed by atoms with van der Waals surface area (Å²) in [6.07, 6.45) is 0. The third kappa shape index (κ3) is 7.92. The van der Waals surface area contributed by atoms with Gasteiger partial charge >= 0.3 is 0 Å². The molecule has 0 atom stereocenters. The van der Waals surface area contributed by atoms with Crippen LogP contribution in [-0.2, 0) is 11.3 Å². The standard InChI is InChI=1S/C19H34N4O4/c1-7-20-19(21-8-9-23(2)10-11-24-3)22-14-15-12-16(25-4)18(27-6)17(13-15)26-5/h12-13H,7-11,14H2,1-6H3,(H2,20,21,22). The van der Waals surface area contributed by atoms with Gasteiger partial charge in [-0.3, -0.25) is 0 Å². The van der Waals surface area contributed by atoms with Crippen LogP contribution >= 0.6 is 0 Å². The van der Waals surface area contributed by atoms with Gasteiger partial charge in [0, 0.05) is 33.3 Å². The molecule has 0 aliphatic carbocycles. The van der Waals surface area contributed by atoms with Crippen LogP contribution in [0.1, 0.15) is 12.5 Å². The van der Waals surface area contributed by atoms with Crippen LogP contribution in [0.3, 0.4) is 0 Å². The van der Waals surface area contributed by atoms with Gasteiger partial charge in [-0.25, -0.2) is 4.99 Å². The van der Waals surface area contributed by atoms with Gasteiger partial charge < -0.3 is 34.5 Å². The Hall–Kier alpha value is -2.19. The van der Waals surface area contributed by atoms with Gasteiger partial charge in [-0.05, 0) is 31.7 Å². The van der Waals surface area contributed by atoms with Crippen LogP contribution in [0.2, 0.25) is 0 Å². The molecule has 0 saturated carbocycles. The molecule has 0 fully saturated rings. The summed E-state index contributed by atoms with van der Waals surface area (Å²) in [5, 5.41) is 6.61. The Kier molecular flexibility index (Phi) is 11.0. The molecular weight excluding hydrogens is 348 g/mol. The summed E-state index contributed by atoms with van der Waals surface area (Å²) in [5.41, 5.74) is 0.971. The number of hydrogen-bond donors (Lipinski definition) is 2. The lowest BCUT2D eigenvalue weighted by Crippen LogP contribution is -2.41. The van der Waals surface area contributed by atoms with Crippen molar-refractivity contribution >= 4 is 5.96 Å². The Morgan fingerprint density at radius 1 is 1.00 bits per heavy atom. The summed E-state index contributed by atoms with van der Waals surface area (Å²) in [6, 6.07) is 3.82. The Morgan fingerprint density at radius 2 is 1.67 bits per heavy atom. The minimum Gasteiger partial charge on any atom is -0.493 e. The second-order valence-electron chi connectivity index (χ2n) is 5.95. The third-order valence-corrected chi connectivity index (χ3v) is 3.95. The van der Waals surface area contributed by atoms with Gasteiger partial charge in [-0.1, -0.05) is 0 Å². The maximum Gasteiger partial charge on any atom is 0.203 e. The molecule has 2 N–H and O–H groups in total. The van der Waals surface area contributed by atoms with Crippen molar-refractivity contribution in [2.45, 2.75) is 13.5 Å². The number of methoxy groups -OCH3 is 4. The monoisotopic (exact) mass is 382 g/mol. The molecule has 1 aromatic rings. The van der Waals surface area contributed by atoms with Crippen LogP contribution < -0.4 is 24.8 Å². The van der Waals surface area contributed by atoms with Crippen molar-refractivity contribution in [3.8, 4) is 17.2 Å². The van der Waals surface area contributed by atoms with E-state index < -0.39 is 0 Å². The van der Waals surface area contributed by atoms with E-state index >= 15 is 0 Å². The predicted octanol–water partition coefficient (Wildman–Crippen LogP) is 1.35. The minimum absolute atomic E-state index is 0.492. The van der Waals surface area contributed by atoms with Crippen molar-refractivity contribution in [3.63, 3.8) is 0 Å². The first kappa shape index (κ1) is 22.9. The number of nitrogens with zero attached hydrogens (tertiary/aromatic N) is 2. The molecule has 1 rings (SSSR count). The van der Waals surface area contributed by atoms with E-state index in [4.69, 9.17) is 18.9 Å². The quantitative estimate of drug-likeness (QED) is 0.417. The number of hydrogen-bond acceptors (Lipinski definition) is 6. The van der Waals surface area contributed by atoms with E-state index in [9.17, 15) is 0 Å². The topological polar surface area (TPSA) is 76.6 Å². The number of benzene rings is 1. The molecule has 154 valence electrons. The maximum atomic E-state index is 5.40. The van der Waals surface area contributed by atoms with Gasteiger partial charge in [0.2, 0.25) is 5.75 Å². The lowest BCUT2D eigenvalue weighted by atomic mass is 10.2. The summed E-state index contributed by atoms with van der Waals surface area (Å²) >= 11 is 0. The van der Waals surface area contributed by atoms with E-state index in [1.54, 1.807) is 28.4 Å². The van der Waals surface area contributed by atoms with Crippen LogP contribution in [0.4, 0.5) is 0 Å². The fourth-order valence-corrected chi connectivity index (χ4v) is 2.46. The predicted molar refractivity (Wildman–Crippen MR) is 108 cm³/mol. The van der Waals surface area contributed by atoms with Gasteiger partial charge in [0.25, 0.3) is 0 Å². The van der Waals surface area contributed by atoms with Gasteiger partial charge in [-0.15, -0.1) is 0 Å². The van der Waals surface area contributed by atoms with E-state index in [-0.39, 0.29) is 0 Å².